The highest BCUT2D eigenvalue weighted by molar-refractivity contribution is 5.45. The monoisotopic (exact) mass is 312 g/mol. The Balaban J connectivity index is 1.95. The molecule has 0 radical (unpaired) electrons. The summed E-state index contributed by atoms with van der Waals surface area (Å²) in [5.41, 5.74) is 1.73. The summed E-state index contributed by atoms with van der Waals surface area (Å²) >= 11 is 0. The van der Waals surface area contributed by atoms with Gasteiger partial charge >= 0.3 is 0 Å². The maximum atomic E-state index is 5.34. The van der Waals surface area contributed by atoms with Gasteiger partial charge in [0.15, 0.2) is 5.65 Å². The number of tetrazole rings is 1. The number of benzene rings is 1. The van der Waals surface area contributed by atoms with Crippen LogP contribution in [0.3, 0.4) is 0 Å². The van der Waals surface area contributed by atoms with E-state index in [2.05, 4.69) is 52.8 Å². The number of nitrogens with one attached hydrogen (secondary N) is 1. The largest absolute Gasteiger partial charge is 0.497 e. The predicted molar refractivity (Wildman–Crippen MR) is 87.4 cm³/mol. The van der Waals surface area contributed by atoms with E-state index in [0.717, 1.165) is 11.3 Å². The zero-order valence-electron chi connectivity index (χ0n) is 13.7. The normalized spacial score (nSPS) is 13.0. The van der Waals surface area contributed by atoms with Crippen molar-refractivity contribution in [3.05, 3.63) is 42.0 Å². The van der Waals surface area contributed by atoms with Gasteiger partial charge < -0.3 is 10.1 Å². The minimum absolute atomic E-state index is 0.0242. The number of ether oxygens (including phenoxy) is 1. The van der Waals surface area contributed by atoms with Crippen LogP contribution in [0.25, 0.3) is 5.65 Å². The molecule has 0 aliphatic heterocycles. The Morgan fingerprint density at radius 3 is 2.74 bits per heavy atom. The van der Waals surface area contributed by atoms with Crippen molar-refractivity contribution in [2.45, 2.75) is 26.8 Å². The van der Waals surface area contributed by atoms with Crippen molar-refractivity contribution < 1.29 is 4.74 Å². The third kappa shape index (κ3) is 3.23. The molecule has 0 saturated carbocycles. The van der Waals surface area contributed by atoms with Gasteiger partial charge in [-0.1, -0.05) is 32.9 Å². The molecular formula is C16H20N6O. The Kier molecular flexibility index (Phi) is 3.85. The van der Waals surface area contributed by atoms with Crippen molar-refractivity contribution in [1.29, 1.82) is 0 Å². The third-order valence-electron chi connectivity index (χ3n) is 3.65. The fourth-order valence-electron chi connectivity index (χ4n) is 2.50. The minimum Gasteiger partial charge on any atom is -0.497 e. The molecule has 0 aliphatic carbocycles. The van der Waals surface area contributed by atoms with Gasteiger partial charge in [-0.2, -0.15) is 0 Å². The van der Waals surface area contributed by atoms with Gasteiger partial charge in [0.25, 0.3) is 0 Å². The van der Waals surface area contributed by atoms with Crippen LogP contribution in [0, 0.1) is 5.41 Å². The Morgan fingerprint density at radius 1 is 1.17 bits per heavy atom. The van der Waals surface area contributed by atoms with E-state index in [9.17, 15) is 0 Å². The second-order valence-electron chi connectivity index (χ2n) is 6.47. The molecule has 3 aromatic rings. The standard InChI is InChI=1S/C16H20N6O/c1-16(2,3)15(11-6-5-7-12(10-11)23-4)17-13-8-9-14-18-20-21-22(14)19-13/h5-10,15H,1-4H3,(H,17,19)/t15-/m1/s1. The summed E-state index contributed by atoms with van der Waals surface area (Å²) in [6.45, 7) is 6.54. The Morgan fingerprint density at radius 2 is 2.00 bits per heavy atom. The second-order valence-corrected chi connectivity index (χ2v) is 6.47. The van der Waals surface area contributed by atoms with E-state index < -0.39 is 0 Å². The number of nitrogens with zero attached hydrogens (tertiary/aromatic N) is 5. The number of methoxy groups -OCH3 is 1. The molecule has 1 N–H and O–H groups in total. The fourth-order valence-corrected chi connectivity index (χ4v) is 2.50. The van der Waals surface area contributed by atoms with Crippen LogP contribution in [-0.4, -0.2) is 32.4 Å². The minimum atomic E-state index is -0.0242. The highest BCUT2D eigenvalue weighted by Crippen LogP contribution is 2.36. The molecule has 0 bridgehead atoms. The summed E-state index contributed by atoms with van der Waals surface area (Å²) in [4.78, 5) is 0. The van der Waals surface area contributed by atoms with E-state index in [1.807, 2.05) is 30.3 Å². The van der Waals surface area contributed by atoms with E-state index in [1.165, 1.54) is 4.63 Å². The number of fused-ring (bicyclic) bond motifs is 1. The summed E-state index contributed by atoms with van der Waals surface area (Å²) in [7, 11) is 1.67. The number of hydrogen-bond acceptors (Lipinski definition) is 6. The summed E-state index contributed by atoms with van der Waals surface area (Å²) in [5.74, 6) is 1.55. The van der Waals surface area contributed by atoms with Crippen LogP contribution in [0.2, 0.25) is 0 Å². The van der Waals surface area contributed by atoms with Crippen molar-refractivity contribution in [2.24, 2.45) is 5.41 Å². The maximum Gasteiger partial charge on any atom is 0.200 e. The second kappa shape index (κ2) is 5.83. The first-order chi connectivity index (χ1) is 11.0. The molecule has 0 spiro atoms. The summed E-state index contributed by atoms with van der Waals surface area (Å²) in [6.07, 6.45) is 0. The lowest BCUT2D eigenvalue weighted by Gasteiger charge is -2.32. The van der Waals surface area contributed by atoms with Gasteiger partial charge in [0, 0.05) is 0 Å². The lowest BCUT2D eigenvalue weighted by molar-refractivity contribution is 0.344. The van der Waals surface area contributed by atoms with Crippen LogP contribution in [0.5, 0.6) is 5.75 Å². The molecule has 7 heteroatoms. The average Bonchev–Trinajstić information content (AvgIpc) is 2.99. The summed E-state index contributed by atoms with van der Waals surface area (Å²) in [6, 6.07) is 11.8. The topological polar surface area (TPSA) is 77.2 Å². The third-order valence-corrected chi connectivity index (χ3v) is 3.65. The van der Waals surface area contributed by atoms with Crippen LogP contribution in [-0.2, 0) is 0 Å². The Hall–Kier alpha value is -2.70. The van der Waals surface area contributed by atoms with Crippen LogP contribution in [0.15, 0.2) is 36.4 Å². The molecule has 23 heavy (non-hydrogen) atoms. The van der Waals surface area contributed by atoms with Gasteiger partial charge in [-0.25, -0.2) is 0 Å². The van der Waals surface area contributed by atoms with E-state index in [-0.39, 0.29) is 11.5 Å². The first-order valence-corrected chi connectivity index (χ1v) is 7.43. The van der Waals surface area contributed by atoms with Gasteiger partial charge in [-0.15, -0.1) is 14.8 Å². The zero-order valence-corrected chi connectivity index (χ0v) is 13.7. The van der Waals surface area contributed by atoms with E-state index >= 15 is 0 Å². The van der Waals surface area contributed by atoms with Crippen LogP contribution in [0.1, 0.15) is 32.4 Å². The van der Waals surface area contributed by atoms with Gasteiger partial charge in [0.1, 0.15) is 11.6 Å². The molecule has 3 rings (SSSR count). The van der Waals surface area contributed by atoms with E-state index in [0.29, 0.717) is 11.5 Å². The van der Waals surface area contributed by atoms with Crippen molar-refractivity contribution in [2.75, 3.05) is 12.4 Å². The van der Waals surface area contributed by atoms with Gasteiger partial charge in [0.2, 0.25) is 0 Å². The molecule has 2 aromatic heterocycles. The Labute approximate surface area is 134 Å². The predicted octanol–water partition coefficient (Wildman–Crippen LogP) is 2.73. The van der Waals surface area contributed by atoms with Crippen molar-refractivity contribution >= 4 is 11.5 Å². The van der Waals surface area contributed by atoms with Crippen LogP contribution < -0.4 is 10.1 Å². The van der Waals surface area contributed by atoms with E-state index in [1.54, 1.807) is 7.11 Å². The van der Waals surface area contributed by atoms with Crippen LogP contribution >= 0.6 is 0 Å². The van der Waals surface area contributed by atoms with Gasteiger partial charge in [-0.05, 0) is 45.7 Å². The van der Waals surface area contributed by atoms with Crippen molar-refractivity contribution in [1.82, 2.24) is 25.3 Å². The lowest BCUT2D eigenvalue weighted by Crippen LogP contribution is -2.26. The molecule has 1 aromatic carbocycles. The summed E-state index contributed by atoms with van der Waals surface area (Å²) < 4.78 is 6.75. The number of aromatic nitrogens is 5. The SMILES string of the molecule is COc1cccc([C@@H](Nc2ccc3nnnn3n2)C(C)(C)C)c1. The molecule has 0 aliphatic rings. The molecule has 7 nitrogen and oxygen atoms in total. The van der Waals surface area contributed by atoms with Crippen molar-refractivity contribution in [3.8, 4) is 5.75 Å². The number of rotatable bonds is 4. The van der Waals surface area contributed by atoms with Gasteiger partial charge in [0.05, 0.1) is 13.2 Å². The average molecular weight is 312 g/mol. The molecule has 0 amide bonds. The van der Waals surface area contributed by atoms with Gasteiger partial charge in [-0.3, -0.25) is 0 Å². The number of hydrogen-bond donors (Lipinski definition) is 1. The fraction of sp³-hybridized carbons (Fsp3) is 0.375. The van der Waals surface area contributed by atoms with Crippen LogP contribution in [0.4, 0.5) is 5.82 Å². The molecule has 120 valence electrons. The molecule has 1 atom stereocenters. The zero-order chi connectivity index (χ0) is 16.4. The molecule has 0 fully saturated rings. The summed E-state index contributed by atoms with van der Waals surface area (Å²) in [5, 5.41) is 19.2. The van der Waals surface area contributed by atoms with Crippen molar-refractivity contribution in [3.63, 3.8) is 0 Å². The smallest absolute Gasteiger partial charge is 0.200 e. The quantitative estimate of drug-likeness (QED) is 0.798. The maximum absolute atomic E-state index is 5.34. The first-order valence-electron chi connectivity index (χ1n) is 7.43. The van der Waals surface area contributed by atoms with E-state index in [4.69, 9.17) is 4.74 Å². The molecular weight excluding hydrogens is 292 g/mol. The molecule has 0 saturated heterocycles. The highest BCUT2D eigenvalue weighted by atomic mass is 16.5. The molecule has 0 unspecified atom stereocenters. The lowest BCUT2D eigenvalue weighted by atomic mass is 9.82. The Bertz CT molecular complexity index is 807. The molecule has 2 heterocycles. The first kappa shape index (κ1) is 15.2. The number of anilines is 1. The highest BCUT2D eigenvalue weighted by Gasteiger charge is 2.27.